The second kappa shape index (κ2) is 8.92. The number of amides is 2. The molecule has 0 radical (unpaired) electrons. The summed E-state index contributed by atoms with van der Waals surface area (Å²) >= 11 is 17.4. The van der Waals surface area contributed by atoms with Crippen LogP contribution in [-0.2, 0) is 11.3 Å². The monoisotopic (exact) mass is 461 g/mol. The maximum Gasteiger partial charge on any atom is 0.251 e. The Kier molecular flexibility index (Phi) is 6.27. The third-order valence-electron chi connectivity index (χ3n) is 5.64. The van der Waals surface area contributed by atoms with Gasteiger partial charge in [-0.25, -0.2) is 0 Å². The minimum Gasteiger partial charge on any atom is -0.358 e. The fourth-order valence-corrected chi connectivity index (χ4v) is 4.70. The molecule has 1 saturated heterocycles. The molecule has 2 unspecified atom stereocenters. The van der Waals surface area contributed by atoms with E-state index in [1.54, 1.807) is 41.3 Å². The molecular formula is C22H21Cl2N3O2S. The molecule has 2 fully saturated rings. The van der Waals surface area contributed by atoms with Crippen molar-refractivity contribution in [1.29, 1.82) is 0 Å². The van der Waals surface area contributed by atoms with E-state index in [1.807, 2.05) is 6.07 Å². The van der Waals surface area contributed by atoms with Gasteiger partial charge >= 0.3 is 0 Å². The molecule has 0 bridgehead atoms. The number of rotatable bonds is 4. The Hall–Kier alpha value is -2.15. The number of carbonyl (C=O) groups excluding carboxylic acids is 2. The van der Waals surface area contributed by atoms with Crippen molar-refractivity contribution in [1.82, 2.24) is 10.6 Å². The molecule has 156 valence electrons. The van der Waals surface area contributed by atoms with Gasteiger partial charge in [0.25, 0.3) is 5.91 Å². The third-order valence-corrected chi connectivity index (χ3v) is 6.68. The minimum absolute atomic E-state index is 0.0419. The highest BCUT2D eigenvalue weighted by Gasteiger charge is 2.40. The molecule has 1 aliphatic heterocycles. The van der Waals surface area contributed by atoms with Gasteiger partial charge in [0.05, 0.1) is 21.7 Å². The van der Waals surface area contributed by atoms with Gasteiger partial charge in [-0.1, -0.05) is 42.1 Å². The van der Waals surface area contributed by atoms with Crippen LogP contribution in [0.5, 0.6) is 0 Å². The van der Waals surface area contributed by atoms with Crippen molar-refractivity contribution in [3.05, 3.63) is 63.6 Å². The van der Waals surface area contributed by atoms with E-state index in [9.17, 15) is 9.59 Å². The summed E-state index contributed by atoms with van der Waals surface area (Å²) < 4.78 is 0. The number of hydrogen-bond donors (Lipinski definition) is 2. The van der Waals surface area contributed by atoms with Crippen molar-refractivity contribution >= 4 is 58.0 Å². The van der Waals surface area contributed by atoms with E-state index >= 15 is 0 Å². The van der Waals surface area contributed by atoms with E-state index in [2.05, 4.69) is 10.6 Å². The molecule has 2 N–H and O–H groups in total. The Morgan fingerprint density at radius 3 is 2.57 bits per heavy atom. The predicted molar refractivity (Wildman–Crippen MR) is 123 cm³/mol. The Balaban J connectivity index is 1.43. The van der Waals surface area contributed by atoms with Crippen molar-refractivity contribution < 1.29 is 9.59 Å². The highest BCUT2D eigenvalue weighted by Crippen LogP contribution is 2.32. The lowest BCUT2D eigenvalue weighted by molar-refractivity contribution is -0.123. The zero-order valence-corrected chi connectivity index (χ0v) is 18.5. The molecule has 2 atom stereocenters. The predicted octanol–water partition coefficient (Wildman–Crippen LogP) is 4.70. The molecule has 1 heterocycles. The van der Waals surface area contributed by atoms with E-state index in [4.69, 9.17) is 35.4 Å². The van der Waals surface area contributed by atoms with Crippen molar-refractivity contribution in [2.45, 2.75) is 38.3 Å². The number of halogens is 2. The number of hydrogen-bond acceptors (Lipinski definition) is 3. The first-order chi connectivity index (χ1) is 14.4. The third kappa shape index (κ3) is 4.31. The Labute approximate surface area is 190 Å². The van der Waals surface area contributed by atoms with Gasteiger partial charge in [-0.05, 0) is 67.0 Å². The van der Waals surface area contributed by atoms with Crippen LogP contribution in [0.2, 0.25) is 10.0 Å². The van der Waals surface area contributed by atoms with Gasteiger partial charge in [0.15, 0.2) is 5.11 Å². The van der Waals surface area contributed by atoms with Crippen LogP contribution in [0.4, 0.5) is 5.69 Å². The van der Waals surface area contributed by atoms with Crippen molar-refractivity contribution in [2.75, 3.05) is 4.90 Å². The summed E-state index contributed by atoms with van der Waals surface area (Å²) in [6.45, 7) is 0.332. The SMILES string of the molecule is O=C(NCc1ccc(Cl)c(Cl)c1)c1ccc(N2C(=O)C3CCCCC3NC2=S)cc1. The summed E-state index contributed by atoms with van der Waals surface area (Å²) in [5.41, 5.74) is 2.02. The number of nitrogens with zero attached hydrogens (tertiary/aromatic N) is 1. The summed E-state index contributed by atoms with van der Waals surface area (Å²) in [5.74, 6) is -0.217. The number of nitrogens with one attached hydrogen (secondary N) is 2. The molecule has 2 aromatic carbocycles. The molecule has 1 saturated carbocycles. The first-order valence-electron chi connectivity index (χ1n) is 9.90. The maximum absolute atomic E-state index is 13.0. The molecule has 0 aromatic heterocycles. The number of carbonyl (C=O) groups is 2. The second-order valence-electron chi connectivity index (χ2n) is 7.60. The van der Waals surface area contributed by atoms with Gasteiger partial charge in [0.1, 0.15) is 0 Å². The highest BCUT2D eigenvalue weighted by molar-refractivity contribution is 7.80. The molecule has 30 heavy (non-hydrogen) atoms. The lowest BCUT2D eigenvalue weighted by Crippen LogP contribution is -2.61. The molecule has 2 aliphatic rings. The van der Waals surface area contributed by atoms with Crippen molar-refractivity contribution in [3.8, 4) is 0 Å². The van der Waals surface area contributed by atoms with E-state index in [-0.39, 0.29) is 23.8 Å². The van der Waals surface area contributed by atoms with Gasteiger partial charge in [-0.3, -0.25) is 14.5 Å². The molecule has 0 spiro atoms. The summed E-state index contributed by atoms with van der Waals surface area (Å²) in [6.07, 6.45) is 4.04. The van der Waals surface area contributed by atoms with E-state index in [0.717, 1.165) is 31.2 Å². The van der Waals surface area contributed by atoms with Gasteiger partial charge < -0.3 is 10.6 Å². The van der Waals surface area contributed by atoms with Crippen LogP contribution in [-0.4, -0.2) is 23.0 Å². The van der Waals surface area contributed by atoms with Crippen LogP contribution in [0.15, 0.2) is 42.5 Å². The number of fused-ring (bicyclic) bond motifs is 1. The average molecular weight is 462 g/mol. The number of anilines is 1. The number of thiocarbonyl (C=S) groups is 1. The van der Waals surface area contributed by atoms with Crippen LogP contribution in [0.3, 0.4) is 0 Å². The van der Waals surface area contributed by atoms with Crippen molar-refractivity contribution in [3.63, 3.8) is 0 Å². The normalized spacial score (nSPS) is 21.1. The summed E-state index contributed by atoms with van der Waals surface area (Å²) in [7, 11) is 0. The molecule has 2 amide bonds. The van der Waals surface area contributed by atoms with Crippen LogP contribution in [0.25, 0.3) is 0 Å². The standard InChI is InChI=1S/C22H21Cl2N3O2S/c23-17-10-5-13(11-18(17)24)12-25-20(28)14-6-8-15(9-7-14)27-21(29)16-3-1-2-4-19(16)26-22(27)30/h5-11,16,19H,1-4,12H2,(H,25,28)(H,26,30). The van der Waals surface area contributed by atoms with Gasteiger partial charge in [-0.2, -0.15) is 0 Å². The topological polar surface area (TPSA) is 61.4 Å². The fraction of sp³-hybridized carbons (Fsp3) is 0.318. The maximum atomic E-state index is 13.0. The van der Waals surface area contributed by atoms with Crippen LogP contribution in [0, 0.1) is 5.92 Å². The van der Waals surface area contributed by atoms with E-state index in [1.165, 1.54) is 0 Å². The lowest BCUT2D eigenvalue weighted by atomic mass is 9.82. The van der Waals surface area contributed by atoms with Gasteiger partial charge in [-0.15, -0.1) is 0 Å². The zero-order valence-electron chi connectivity index (χ0n) is 16.2. The molecule has 1 aliphatic carbocycles. The highest BCUT2D eigenvalue weighted by atomic mass is 35.5. The largest absolute Gasteiger partial charge is 0.358 e. The summed E-state index contributed by atoms with van der Waals surface area (Å²) in [6, 6.07) is 12.3. The van der Waals surface area contributed by atoms with Crippen LogP contribution in [0.1, 0.15) is 41.6 Å². The summed E-state index contributed by atoms with van der Waals surface area (Å²) in [5, 5.41) is 7.53. The summed E-state index contributed by atoms with van der Waals surface area (Å²) in [4.78, 5) is 27.0. The Morgan fingerprint density at radius 1 is 1.10 bits per heavy atom. The average Bonchev–Trinajstić information content (AvgIpc) is 2.75. The lowest BCUT2D eigenvalue weighted by Gasteiger charge is -2.41. The Morgan fingerprint density at radius 2 is 1.83 bits per heavy atom. The van der Waals surface area contributed by atoms with Crippen molar-refractivity contribution in [2.24, 2.45) is 5.92 Å². The van der Waals surface area contributed by atoms with Gasteiger partial charge in [0.2, 0.25) is 5.91 Å². The smallest absolute Gasteiger partial charge is 0.251 e. The van der Waals surface area contributed by atoms with E-state index < -0.39 is 0 Å². The first kappa shape index (κ1) is 21.1. The molecule has 5 nitrogen and oxygen atoms in total. The number of benzene rings is 2. The molecular weight excluding hydrogens is 441 g/mol. The quantitative estimate of drug-likeness (QED) is 0.647. The van der Waals surface area contributed by atoms with Crippen LogP contribution >= 0.6 is 35.4 Å². The van der Waals surface area contributed by atoms with Gasteiger partial charge in [0, 0.05) is 18.2 Å². The zero-order chi connectivity index (χ0) is 21.3. The second-order valence-corrected chi connectivity index (χ2v) is 8.80. The molecule has 2 aromatic rings. The Bertz CT molecular complexity index is 996. The van der Waals surface area contributed by atoms with Crippen LogP contribution < -0.4 is 15.5 Å². The van der Waals surface area contributed by atoms with E-state index in [0.29, 0.717) is 33.0 Å². The first-order valence-corrected chi connectivity index (χ1v) is 11.1. The minimum atomic E-state index is -0.217. The molecule has 8 heteroatoms. The molecule has 4 rings (SSSR count). The fourth-order valence-electron chi connectivity index (χ4n) is 4.03.